The van der Waals surface area contributed by atoms with Gasteiger partial charge in [0.25, 0.3) is 0 Å². The molecule has 0 aliphatic heterocycles. The molecule has 0 saturated heterocycles. The van der Waals surface area contributed by atoms with Gasteiger partial charge in [-0.3, -0.25) is 0 Å². The van der Waals surface area contributed by atoms with Crippen LogP contribution in [0, 0.1) is 0 Å². The zero-order chi connectivity index (χ0) is 39.0. The third-order valence-electron chi connectivity index (χ3n) is 13.1. The predicted octanol–water partition coefficient (Wildman–Crippen LogP) is 14.5. The van der Waals surface area contributed by atoms with E-state index in [0.29, 0.717) is 0 Å². The lowest BCUT2D eigenvalue weighted by atomic mass is 9.91. The summed E-state index contributed by atoms with van der Waals surface area (Å²) < 4.78 is 10.3. The molecule has 0 atom stereocenters. The van der Waals surface area contributed by atoms with Crippen LogP contribution < -0.4 is 0 Å². The van der Waals surface area contributed by atoms with Crippen molar-refractivity contribution in [1.82, 2.24) is 17.9 Å². The summed E-state index contributed by atoms with van der Waals surface area (Å²) in [7, 11) is 0. The molecule has 4 heteroatoms. The van der Waals surface area contributed by atoms with Crippen LogP contribution in [0.2, 0.25) is 0 Å². The highest BCUT2D eigenvalue weighted by molar-refractivity contribution is 6.35. The Morgan fingerprint density at radius 2 is 0.707 bits per heavy atom. The maximum Gasteiger partial charge on any atom is 0.0641 e. The number of para-hydroxylation sites is 4. The molecule has 13 aromatic rings. The van der Waals surface area contributed by atoms with E-state index in [1.165, 1.54) is 121 Å². The first-order chi connectivity index (χ1) is 28.1. The summed E-state index contributed by atoms with van der Waals surface area (Å²) in [6.07, 6.45) is 0. The highest BCUT2D eigenvalue weighted by Gasteiger charge is 2.31. The Bertz CT molecular complexity index is 3580. The van der Waals surface area contributed by atoms with E-state index < -0.39 is 0 Å². The smallest absolute Gasteiger partial charge is 0.0641 e. The van der Waals surface area contributed by atoms with Crippen molar-refractivity contribution < 1.29 is 0 Å². The maximum absolute atomic E-state index is 2.62. The molecule has 0 bridgehead atoms. The van der Waals surface area contributed by atoms with Crippen LogP contribution in [0.1, 0.15) is 52.9 Å². The lowest BCUT2D eigenvalue weighted by Crippen LogP contribution is -2.14. The van der Waals surface area contributed by atoms with E-state index in [1.807, 2.05) is 0 Å². The normalized spacial score (nSPS) is 13.3. The van der Waals surface area contributed by atoms with Crippen molar-refractivity contribution in [2.45, 2.75) is 52.4 Å². The Balaban J connectivity index is 1.33. The number of aromatic nitrogens is 4. The van der Waals surface area contributed by atoms with Gasteiger partial charge in [0.15, 0.2) is 0 Å². The molecular formula is C54H42N4. The molecule has 7 aromatic carbocycles. The number of hydrogen-bond acceptors (Lipinski definition) is 0. The standard InChI is InChI=1S/C54H42N4/c1-53(2,3)45-27-31-25-37-35-21-13-15-23-41(35)55(33-17-9-7-10-18-33)51(37)47-39-30-44-40(29-43(39)57(45)49(31)47)48-50-32(28-46(58(44)50)54(4,5)6)26-38-36-22-14-16-24-42(36)56(52(38)48)34-19-11-8-12-20-34/h7-30H,1-6H3. The summed E-state index contributed by atoms with van der Waals surface area (Å²) in [5.74, 6) is 0. The number of benzene rings is 7. The summed E-state index contributed by atoms with van der Waals surface area (Å²) in [5.41, 5.74) is 15.0. The monoisotopic (exact) mass is 746 g/mol. The number of hydrogen-bond donors (Lipinski definition) is 0. The summed E-state index contributed by atoms with van der Waals surface area (Å²) in [6.45, 7) is 14.2. The molecule has 0 fully saturated rings. The zero-order valence-corrected chi connectivity index (χ0v) is 33.6. The first-order valence-corrected chi connectivity index (χ1v) is 20.6. The fourth-order valence-electron chi connectivity index (χ4n) is 10.8. The van der Waals surface area contributed by atoms with Crippen LogP contribution in [0.3, 0.4) is 0 Å². The van der Waals surface area contributed by atoms with Crippen molar-refractivity contribution in [3.63, 3.8) is 0 Å². The second-order valence-electron chi connectivity index (χ2n) is 18.7. The molecule has 278 valence electrons. The fourth-order valence-corrected chi connectivity index (χ4v) is 10.8. The van der Waals surface area contributed by atoms with Crippen LogP contribution in [0.5, 0.6) is 0 Å². The molecule has 0 aliphatic rings. The average molecular weight is 747 g/mol. The Labute approximate surface area is 335 Å². The van der Waals surface area contributed by atoms with E-state index in [2.05, 4.69) is 205 Å². The van der Waals surface area contributed by atoms with Crippen molar-refractivity contribution >= 4 is 98.0 Å². The molecular weight excluding hydrogens is 705 g/mol. The van der Waals surface area contributed by atoms with Crippen LogP contribution in [0.25, 0.3) is 109 Å². The first-order valence-electron chi connectivity index (χ1n) is 20.6. The van der Waals surface area contributed by atoms with E-state index in [4.69, 9.17) is 0 Å². The van der Waals surface area contributed by atoms with Crippen LogP contribution in [-0.2, 0) is 10.8 Å². The van der Waals surface area contributed by atoms with Crippen molar-refractivity contribution in [3.05, 3.63) is 157 Å². The van der Waals surface area contributed by atoms with E-state index in [-0.39, 0.29) is 10.8 Å². The molecule has 13 rings (SSSR count). The minimum absolute atomic E-state index is 0.0872. The van der Waals surface area contributed by atoms with Gasteiger partial charge in [0, 0.05) is 87.5 Å². The molecule has 0 N–H and O–H groups in total. The predicted molar refractivity (Wildman–Crippen MR) is 247 cm³/mol. The Hall–Kier alpha value is -6.78. The lowest BCUT2D eigenvalue weighted by molar-refractivity contribution is 0.567. The van der Waals surface area contributed by atoms with Crippen LogP contribution in [0.4, 0.5) is 0 Å². The van der Waals surface area contributed by atoms with Crippen molar-refractivity contribution in [2.24, 2.45) is 0 Å². The van der Waals surface area contributed by atoms with Gasteiger partial charge in [-0.1, -0.05) is 114 Å². The van der Waals surface area contributed by atoms with Gasteiger partial charge < -0.3 is 17.9 Å². The summed E-state index contributed by atoms with van der Waals surface area (Å²) >= 11 is 0. The molecule has 6 heterocycles. The third kappa shape index (κ3) is 3.90. The molecule has 0 saturated carbocycles. The topological polar surface area (TPSA) is 18.7 Å². The number of rotatable bonds is 2. The second kappa shape index (κ2) is 10.6. The number of nitrogens with zero attached hydrogens (tertiary/aromatic N) is 4. The quantitative estimate of drug-likeness (QED) is 0.168. The molecule has 0 unspecified atom stereocenters. The van der Waals surface area contributed by atoms with Gasteiger partial charge in [0.05, 0.1) is 44.1 Å². The Morgan fingerprint density at radius 1 is 0.328 bits per heavy atom. The average Bonchev–Trinajstić information content (AvgIpc) is 4.06. The van der Waals surface area contributed by atoms with Gasteiger partial charge in [-0.05, 0) is 72.8 Å². The zero-order valence-electron chi connectivity index (χ0n) is 33.6. The SMILES string of the molecule is CC(C)(C)c1cc2cc3c4ccccc4n(-c4ccccc4)c3c3c4cc5c(cc4n1c23)c1c2c(cc3cc(C(C)(C)C)n5c31)c1ccccc1n2-c1ccccc1. The van der Waals surface area contributed by atoms with Crippen molar-refractivity contribution in [1.29, 1.82) is 0 Å². The molecule has 0 radical (unpaired) electrons. The van der Waals surface area contributed by atoms with Gasteiger partial charge in [-0.2, -0.15) is 0 Å². The second-order valence-corrected chi connectivity index (χ2v) is 18.7. The van der Waals surface area contributed by atoms with Gasteiger partial charge >= 0.3 is 0 Å². The first kappa shape index (κ1) is 32.3. The van der Waals surface area contributed by atoms with Crippen LogP contribution in [-0.4, -0.2) is 17.9 Å². The molecule has 0 amide bonds. The fraction of sp³-hybridized carbons (Fsp3) is 0.148. The highest BCUT2D eigenvalue weighted by Crippen LogP contribution is 2.50. The van der Waals surface area contributed by atoms with Gasteiger partial charge in [0.1, 0.15) is 0 Å². The Morgan fingerprint density at radius 3 is 1.10 bits per heavy atom. The maximum atomic E-state index is 2.62. The Kier molecular flexibility index (Phi) is 5.90. The summed E-state index contributed by atoms with van der Waals surface area (Å²) in [6, 6.07) is 54.7. The van der Waals surface area contributed by atoms with Crippen molar-refractivity contribution in [3.8, 4) is 11.4 Å². The van der Waals surface area contributed by atoms with Crippen LogP contribution in [0.15, 0.2) is 146 Å². The molecule has 0 spiro atoms. The summed E-state index contributed by atoms with van der Waals surface area (Å²) in [4.78, 5) is 0. The van der Waals surface area contributed by atoms with Crippen LogP contribution >= 0.6 is 0 Å². The molecule has 4 nitrogen and oxygen atoms in total. The molecule has 0 aliphatic carbocycles. The van der Waals surface area contributed by atoms with E-state index in [1.54, 1.807) is 0 Å². The molecule has 58 heavy (non-hydrogen) atoms. The van der Waals surface area contributed by atoms with Gasteiger partial charge in [-0.25, -0.2) is 0 Å². The minimum Gasteiger partial charge on any atom is -0.312 e. The minimum atomic E-state index is -0.0872. The van der Waals surface area contributed by atoms with Crippen molar-refractivity contribution in [2.75, 3.05) is 0 Å². The third-order valence-corrected chi connectivity index (χ3v) is 13.1. The molecule has 6 aromatic heterocycles. The largest absolute Gasteiger partial charge is 0.312 e. The number of fused-ring (bicyclic) bond motifs is 14. The van der Waals surface area contributed by atoms with Gasteiger partial charge in [-0.15, -0.1) is 0 Å². The van der Waals surface area contributed by atoms with E-state index in [0.717, 1.165) is 0 Å². The highest BCUT2D eigenvalue weighted by atomic mass is 15.0. The lowest BCUT2D eigenvalue weighted by Gasteiger charge is -2.19. The summed E-state index contributed by atoms with van der Waals surface area (Å²) in [5, 5.41) is 13.0. The van der Waals surface area contributed by atoms with E-state index in [9.17, 15) is 0 Å². The van der Waals surface area contributed by atoms with Gasteiger partial charge in [0.2, 0.25) is 0 Å². The van der Waals surface area contributed by atoms with E-state index >= 15 is 0 Å².